The van der Waals surface area contributed by atoms with Gasteiger partial charge in [0.1, 0.15) is 11.6 Å². The van der Waals surface area contributed by atoms with Gasteiger partial charge < -0.3 is 5.11 Å². The summed E-state index contributed by atoms with van der Waals surface area (Å²) >= 11 is 0. The van der Waals surface area contributed by atoms with Gasteiger partial charge in [-0.05, 0) is 19.8 Å². The maximum Gasteiger partial charge on any atom is 0.331 e. The number of nitrogens with zero attached hydrogens (tertiary/aromatic N) is 3. The van der Waals surface area contributed by atoms with E-state index in [9.17, 15) is 14.7 Å². The van der Waals surface area contributed by atoms with E-state index < -0.39 is 16.9 Å². The number of hydrogen-bond donors (Lipinski definition) is 1. The molecular formula is C14H19N3O3. The van der Waals surface area contributed by atoms with Crippen molar-refractivity contribution in [2.45, 2.75) is 57.7 Å². The molecule has 1 aliphatic carbocycles. The summed E-state index contributed by atoms with van der Waals surface area (Å²) < 4.78 is 2.33. The molecule has 0 atom stereocenters. The molecule has 1 aromatic rings. The zero-order chi connectivity index (χ0) is 14.8. The first-order valence-electron chi connectivity index (χ1n) is 6.97. The third-order valence-electron chi connectivity index (χ3n) is 3.93. The second-order valence-electron chi connectivity index (χ2n) is 5.40. The molecule has 1 aliphatic rings. The highest BCUT2D eigenvalue weighted by Crippen LogP contribution is 2.28. The van der Waals surface area contributed by atoms with Gasteiger partial charge in [0.25, 0.3) is 5.56 Å². The second kappa shape index (κ2) is 5.63. The predicted molar refractivity (Wildman–Crippen MR) is 73.4 cm³/mol. The Morgan fingerprint density at radius 3 is 2.55 bits per heavy atom. The highest BCUT2D eigenvalue weighted by atomic mass is 16.3. The van der Waals surface area contributed by atoms with Crippen LogP contribution in [0.5, 0.6) is 0 Å². The van der Waals surface area contributed by atoms with Crippen LogP contribution in [-0.4, -0.2) is 19.8 Å². The van der Waals surface area contributed by atoms with E-state index in [0.29, 0.717) is 19.4 Å². The highest BCUT2D eigenvalue weighted by Gasteiger charge is 2.31. The Bertz CT molecular complexity index is 645. The Morgan fingerprint density at radius 2 is 2.00 bits per heavy atom. The molecular weight excluding hydrogens is 258 g/mol. The van der Waals surface area contributed by atoms with Crippen molar-refractivity contribution >= 4 is 0 Å². The van der Waals surface area contributed by atoms with Gasteiger partial charge >= 0.3 is 5.69 Å². The lowest BCUT2D eigenvalue weighted by atomic mass is 9.85. The molecule has 108 valence electrons. The Morgan fingerprint density at radius 1 is 1.35 bits per heavy atom. The summed E-state index contributed by atoms with van der Waals surface area (Å²) in [5.41, 5.74) is -2.15. The number of rotatable bonds is 3. The summed E-state index contributed by atoms with van der Waals surface area (Å²) in [6.07, 6.45) is 5.31. The summed E-state index contributed by atoms with van der Waals surface area (Å²) in [6.45, 7) is 2.12. The number of aliphatic hydroxyl groups is 1. The van der Waals surface area contributed by atoms with Crippen LogP contribution in [0.25, 0.3) is 0 Å². The van der Waals surface area contributed by atoms with Gasteiger partial charge in [-0.2, -0.15) is 5.26 Å². The van der Waals surface area contributed by atoms with Gasteiger partial charge in [0.05, 0.1) is 12.1 Å². The molecule has 0 amide bonds. The minimum Gasteiger partial charge on any atom is -0.388 e. The van der Waals surface area contributed by atoms with E-state index in [0.717, 1.165) is 23.8 Å². The van der Waals surface area contributed by atoms with Crippen molar-refractivity contribution in [3.8, 4) is 6.07 Å². The van der Waals surface area contributed by atoms with Gasteiger partial charge in [0, 0.05) is 12.7 Å². The molecule has 2 rings (SSSR count). The molecule has 0 unspecified atom stereocenters. The third-order valence-corrected chi connectivity index (χ3v) is 3.93. The molecule has 0 bridgehead atoms. The van der Waals surface area contributed by atoms with E-state index >= 15 is 0 Å². The molecule has 1 aromatic heterocycles. The van der Waals surface area contributed by atoms with Crippen molar-refractivity contribution in [1.82, 2.24) is 9.13 Å². The lowest BCUT2D eigenvalue weighted by molar-refractivity contribution is -0.0136. The minimum atomic E-state index is -1.01. The Kier molecular flexibility index (Phi) is 4.09. The molecule has 0 radical (unpaired) electrons. The first kappa shape index (κ1) is 14.5. The van der Waals surface area contributed by atoms with E-state index in [-0.39, 0.29) is 12.1 Å². The zero-order valence-electron chi connectivity index (χ0n) is 11.6. The molecule has 1 N–H and O–H groups in total. The molecule has 1 fully saturated rings. The average molecular weight is 277 g/mol. The summed E-state index contributed by atoms with van der Waals surface area (Å²) in [6, 6.07) is 1.81. The van der Waals surface area contributed by atoms with Crippen molar-refractivity contribution in [3.05, 3.63) is 32.6 Å². The normalized spacial score (nSPS) is 17.6. The molecule has 0 saturated heterocycles. The van der Waals surface area contributed by atoms with E-state index in [2.05, 4.69) is 0 Å². The van der Waals surface area contributed by atoms with Crippen molar-refractivity contribution in [3.63, 3.8) is 0 Å². The van der Waals surface area contributed by atoms with Crippen LogP contribution in [0, 0.1) is 11.3 Å². The first-order chi connectivity index (χ1) is 9.50. The van der Waals surface area contributed by atoms with Crippen molar-refractivity contribution in [2.24, 2.45) is 0 Å². The van der Waals surface area contributed by atoms with Crippen LogP contribution in [0.15, 0.2) is 15.8 Å². The fraction of sp³-hybridized carbons (Fsp3) is 0.643. The fourth-order valence-electron chi connectivity index (χ4n) is 2.76. The average Bonchev–Trinajstić information content (AvgIpc) is 2.45. The Labute approximate surface area is 116 Å². The van der Waals surface area contributed by atoms with Crippen molar-refractivity contribution in [1.29, 1.82) is 5.26 Å². The van der Waals surface area contributed by atoms with E-state index in [1.54, 1.807) is 6.92 Å². The van der Waals surface area contributed by atoms with Gasteiger partial charge in [-0.1, -0.05) is 19.3 Å². The van der Waals surface area contributed by atoms with Gasteiger partial charge in [-0.15, -0.1) is 0 Å². The van der Waals surface area contributed by atoms with Crippen LogP contribution in [0.2, 0.25) is 0 Å². The number of hydrogen-bond acceptors (Lipinski definition) is 4. The third kappa shape index (κ3) is 2.68. The summed E-state index contributed by atoms with van der Waals surface area (Å²) in [5, 5.41) is 19.5. The van der Waals surface area contributed by atoms with Crippen LogP contribution in [0.1, 0.15) is 44.6 Å². The highest BCUT2D eigenvalue weighted by molar-refractivity contribution is 5.22. The van der Waals surface area contributed by atoms with Crippen LogP contribution in [-0.2, 0) is 13.1 Å². The summed E-state index contributed by atoms with van der Waals surface area (Å²) in [4.78, 5) is 24.3. The number of nitriles is 1. The van der Waals surface area contributed by atoms with Gasteiger partial charge in [0.15, 0.2) is 0 Å². The van der Waals surface area contributed by atoms with Crippen LogP contribution >= 0.6 is 0 Å². The van der Waals surface area contributed by atoms with E-state index in [4.69, 9.17) is 5.26 Å². The molecule has 0 spiro atoms. The maximum atomic E-state index is 12.2. The SMILES string of the molecule is CCn1cc(C#N)c(=O)n(CC2(O)CCCCC2)c1=O. The lowest BCUT2D eigenvalue weighted by Gasteiger charge is -2.32. The number of aromatic nitrogens is 2. The molecule has 6 nitrogen and oxygen atoms in total. The molecule has 1 heterocycles. The minimum absolute atomic E-state index is 0.0276. The Balaban J connectivity index is 2.48. The van der Waals surface area contributed by atoms with E-state index in [1.807, 2.05) is 6.07 Å². The second-order valence-corrected chi connectivity index (χ2v) is 5.40. The van der Waals surface area contributed by atoms with Crippen molar-refractivity contribution in [2.75, 3.05) is 0 Å². The maximum absolute atomic E-state index is 12.2. The largest absolute Gasteiger partial charge is 0.388 e. The topological polar surface area (TPSA) is 88.0 Å². The van der Waals surface area contributed by atoms with Crippen LogP contribution in [0.3, 0.4) is 0 Å². The van der Waals surface area contributed by atoms with Crippen LogP contribution in [0.4, 0.5) is 0 Å². The molecule has 1 saturated carbocycles. The quantitative estimate of drug-likeness (QED) is 0.876. The monoisotopic (exact) mass is 277 g/mol. The smallest absolute Gasteiger partial charge is 0.331 e. The molecule has 0 aliphatic heterocycles. The predicted octanol–water partition coefficient (Wildman–Crippen LogP) is 0.597. The fourth-order valence-corrected chi connectivity index (χ4v) is 2.76. The standard InChI is InChI=1S/C14H19N3O3/c1-2-16-9-11(8-15)12(18)17(13(16)19)10-14(20)6-4-3-5-7-14/h9,20H,2-7,10H2,1H3. The molecule has 20 heavy (non-hydrogen) atoms. The molecule has 0 aromatic carbocycles. The summed E-state index contributed by atoms with van der Waals surface area (Å²) in [7, 11) is 0. The molecule has 6 heteroatoms. The number of aryl methyl sites for hydroxylation is 1. The van der Waals surface area contributed by atoms with Gasteiger partial charge in [-0.3, -0.25) is 13.9 Å². The Hall–Kier alpha value is -1.87. The van der Waals surface area contributed by atoms with Crippen molar-refractivity contribution < 1.29 is 5.11 Å². The lowest BCUT2D eigenvalue weighted by Crippen LogP contribution is -2.48. The zero-order valence-corrected chi connectivity index (χ0v) is 11.6. The first-order valence-corrected chi connectivity index (χ1v) is 6.97. The summed E-state index contributed by atoms with van der Waals surface area (Å²) in [5.74, 6) is 0. The van der Waals surface area contributed by atoms with Crippen LogP contribution < -0.4 is 11.2 Å². The van der Waals surface area contributed by atoms with Gasteiger partial charge in [0.2, 0.25) is 0 Å². The van der Waals surface area contributed by atoms with Gasteiger partial charge in [-0.25, -0.2) is 4.79 Å². The van der Waals surface area contributed by atoms with E-state index in [1.165, 1.54) is 10.8 Å².